The van der Waals surface area contributed by atoms with E-state index >= 15 is 0 Å². The highest BCUT2D eigenvalue weighted by Gasteiger charge is 2.35. The molecule has 0 aliphatic rings. The van der Waals surface area contributed by atoms with Crippen LogP contribution >= 0.6 is 0 Å². The summed E-state index contributed by atoms with van der Waals surface area (Å²) < 4.78 is 80.0. The van der Waals surface area contributed by atoms with Crippen molar-refractivity contribution in [2.24, 2.45) is 0 Å². The Morgan fingerprint density at radius 1 is 0.821 bits per heavy atom. The smallest absolute Gasteiger partial charge is 0.355 e. The van der Waals surface area contributed by atoms with Crippen LogP contribution in [0.1, 0.15) is 44.5 Å². The minimum atomic E-state index is -4.63. The molecule has 4 rings (SSSR count). The van der Waals surface area contributed by atoms with Gasteiger partial charge in [0.05, 0.1) is 28.2 Å². The van der Waals surface area contributed by atoms with Crippen LogP contribution in [0.4, 0.5) is 37.7 Å². The Hall–Kier alpha value is -3.73. The van der Waals surface area contributed by atoms with E-state index < -0.39 is 23.5 Å². The lowest BCUT2D eigenvalue weighted by molar-refractivity contribution is -0.138. The van der Waals surface area contributed by atoms with Crippen LogP contribution in [0, 0.1) is 0 Å². The molecular formula is C28H27F6N5. The van der Waals surface area contributed by atoms with Crippen molar-refractivity contribution in [3.63, 3.8) is 0 Å². The highest BCUT2D eigenvalue weighted by atomic mass is 19.4. The third-order valence-electron chi connectivity index (χ3n) is 6.24. The Balaban J connectivity index is 1.83. The molecule has 3 heterocycles. The molecule has 5 nitrogen and oxygen atoms in total. The maximum Gasteiger partial charge on any atom is 0.418 e. The minimum Gasteiger partial charge on any atom is -0.355 e. The summed E-state index contributed by atoms with van der Waals surface area (Å²) in [5.74, 6) is 0. The maximum absolute atomic E-state index is 13.6. The number of pyridine rings is 3. The van der Waals surface area contributed by atoms with Crippen LogP contribution < -0.4 is 5.32 Å². The zero-order valence-electron chi connectivity index (χ0n) is 21.7. The van der Waals surface area contributed by atoms with Gasteiger partial charge in [0.1, 0.15) is 5.69 Å². The average Bonchev–Trinajstić information content (AvgIpc) is 2.86. The summed E-state index contributed by atoms with van der Waals surface area (Å²) in [5.41, 5.74) is -0.307. The van der Waals surface area contributed by atoms with Crippen molar-refractivity contribution >= 4 is 22.4 Å². The third-order valence-corrected chi connectivity index (χ3v) is 6.24. The summed E-state index contributed by atoms with van der Waals surface area (Å²) in [6, 6.07) is 11.9. The van der Waals surface area contributed by atoms with Gasteiger partial charge in [0.25, 0.3) is 0 Å². The Morgan fingerprint density at radius 2 is 1.49 bits per heavy atom. The SMILES string of the molecule is CC(C)N(Cc1cc(Nc2ccc(C(F)(F)F)cc2)c2ccc(-c3ncccc3C(F)(F)F)nc2n1)C(C)C. The second kappa shape index (κ2) is 10.8. The molecule has 1 aromatic carbocycles. The predicted molar refractivity (Wildman–Crippen MR) is 138 cm³/mol. The van der Waals surface area contributed by atoms with Crippen LogP contribution in [0.15, 0.2) is 60.8 Å². The molecular weight excluding hydrogens is 520 g/mol. The van der Waals surface area contributed by atoms with E-state index in [0.29, 0.717) is 29.0 Å². The molecule has 0 fully saturated rings. The zero-order chi connectivity index (χ0) is 28.5. The summed E-state index contributed by atoms with van der Waals surface area (Å²) in [6.07, 6.45) is -7.83. The van der Waals surface area contributed by atoms with Gasteiger partial charge in [0.15, 0.2) is 5.65 Å². The zero-order valence-corrected chi connectivity index (χ0v) is 21.7. The molecule has 0 aliphatic heterocycles. The lowest BCUT2D eigenvalue weighted by Gasteiger charge is -2.30. The molecule has 1 N–H and O–H groups in total. The van der Waals surface area contributed by atoms with Gasteiger partial charge < -0.3 is 5.32 Å². The van der Waals surface area contributed by atoms with Crippen molar-refractivity contribution in [3.05, 3.63) is 77.6 Å². The number of rotatable bonds is 7. The van der Waals surface area contributed by atoms with Gasteiger partial charge in [-0.2, -0.15) is 26.3 Å². The first-order valence-corrected chi connectivity index (χ1v) is 12.3. The van der Waals surface area contributed by atoms with Crippen LogP contribution in [0.25, 0.3) is 22.4 Å². The number of anilines is 2. The van der Waals surface area contributed by atoms with Gasteiger partial charge in [-0.15, -0.1) is 0 Å². The van der Waals surface area contributed by atoms with Crippen LogP contribution in [-0.4, -0.2) is 31.9 Å². The lowest BCUT2D eigenvalue weighted by Crippen LogP contribution is -2.36. The van der Waals surface area contributed by atoms with E-state index in [4.69, 9.17) is 0 Å². The first-order chi connectivity index (χ1) is 18.2. The molecule has 0 radical (unpaired) electrons. The van der Waals surface area contributed by atoms with E-state index in [1.807, 2.05) is 27.7 Å². The molecule has 3 aromatic heterocycles. The fourth-order valence-electron chi connectivity index (χ4n) is 4.36. The molecule has 206 valence electrons. The summed E-state index contributed by atoms with van der Waals surface area (Å²) in [7, 11) is 0. The van der Waals surface area contributed by atoms with Crippen LogP contribution in [0.5, 0.6) is 0 Å². The van der Waals surface area contributed by atoms with Crippen LogP contribution in [0.3, 0.4) is 0 Å². The van der Waals surface area contributed by atoms with Gasteiger partial charge in [0.2, 0.25) is 0 Å². The molecule has 0 atom stereocenters. The van der Waals surface area contributed by atoms with Gasteiger partial charge in [-0.05, 0) is 82.3 Å². The number of halogens is 6. The van der Waals surface area contributed by atoms with Crippen molar-refractivity contribution in [2.45, 2.75) is 58.7 Å². The molecule has 4 aromatic rings. The Kier molecular flexibility index (Phi) is 7.83. The Labute approximate surface area is 221 Å². The molecule has 39 heavy (non-hydrogen) atoms. The van der Waals surface area contributed by atoms with E-state index in [0.717, 1.165) is 18.2 Å². The molecule has 0 unspecified atom stereocenters. The molecule has 0 saturated heterocycles. The van der Waals surface area contributed by atoms with E-state index in [-0.39, 0.29) is 29.1 Å². The predicted octanol–water partition coefficient (Wildman–Crippen LogP) is 8.09. The highest BCUT2D eigenvalue weighted by Crippen LogP contribution is 2.36. The number of alkyl halides is 6. The maximum atomic E-state index is 13.6. The Bertz CT molecular complexity index is 1440. The van der Waals surface area contributed by atoms with Gasteiger partial charge >= 0.3 is 12.4 Å². The second-order valence-electron chi connectivity index (χ2n) is 9.69. The summed E-state index contributed by atoms with van der Waals surface area (Å²) in [4.78, 5) is 15.2. The molecule has 0 bridgehead atoms. The molecule has 0 saturated carbocycles. The van der Waals surface area contributed by atoms with Gasteiger partial charge in [-0.3, -0.25) is 9.88 Å². The number of benzene rings is 1. The summed E-state index contributed by atoms with van der Waals surface area (Å²) in [5, 5.41) is 3.62. The van der Waals surface area contributed by atoms with Crippen molar-refractivity contribution in [1.82, 2.24) is 19.9 Å². The number of nitrogens with one attached hydrogen (secondary N) is 1. The van der Waals surface area contributed by atoms with Crippen LogP contribution in [-0.2, 0) is 18.9 Å². The van der Waals surface area contributed by atoms with E-state index in [2.05, 4.69) is 25.2 Å². The van der Waals surface area contributed by atoms with Crippen molar-refractivity contribution in [1.29, 1.82) is 0 Å². The molecule has 0 spiro atoms. The van der Waals surface area contributed by atoms with E-state index in [9.17, 15) is 26.3 Å². The first kappa shape index (κ1) is 28.3. The number of aromatic nitrogens is 3. The average molecular weight is 548 g/mol. The quantitative estimate of drug-likeness (QED) is 0.237. The van der Waals surface area contributed by atoms with E-state index in [1.165, 1.54) is 30.5 Å². The van der Waals surface area contributed by atoms with Gasteiger partial charge in [-0.25, -0.2) is 9.97 Å². The lowest BCUT2D eigenvalue weighted by atomic mass is 10.1. The fourth-order valence-corrected chi connectivity index (χ4v) is 4.36. The first-order valence-electron chi connectivity index (χ1n) is 12.3. The number of nitrogens with zero attached hydrogens (tertiary/aromatic N) is 4. The molecule has 0 amide bonds. The van der Waals surface area contributed by atoms with Crippen LogP contribution in [0.2, 0.25) is 0 Å². The third kappa shape index (κ3) is 6.47. The number of fused-ring (bicyclic) bond motifs is 1. The fraction of sp³-hybridized carbons (Fsp3) is 0.321. The van der Waals surface area contributed by atoms with Crippen molar-refractivity contribution < 1.29 is 26.3 Å². The molecule has 0 aliphatic carbocycles. The standard InChI is InChI=1S/C28H27F6N5/c1-16(2)39(17(3)4)15-20-14-24(36-19-9-7-18(8-10-19)27(29,30)31)21-11-12-23(38-26(21)37-20)25-22(28(32,33)34)6-5-13-35-25/h5-14,16-17H,15H2,1-4H3,(H,36,37,38). The summed E-state index contributed by atoms with van der Waals surface area (Å²) in [6.45, 7) is 8.59. The van der Waals surface area contributed by atoms with Crippen molar-refractivity contribution in [3.8, 4) is 11.4 Å². The number of hydrogen-bond acceptors (Lipinski definition) is 5. The van der Waals surface area contributed by atoms with E-state index in [1.54, 1.807) is 12.1 Å². The topological polar surface area (TPSA) is 53.9 Å². The normalized spacial score (nSPS) is 12.6. The molecule has 11 heteroatoms. The van der Waals surface area contributed by atoms with Crippen molar-refractivity contribution in [2.75, 3.05) is 5.32 Å². The van der Waals surface area contributed by atoms with Gasteiger partial charge in [-0.1, -0.05) is 0 Å². The minimum absolute atomic E-state index is 0.00475. The highest BCUT2D eigenvalue weighted by molar-refractivity contribution is 5.92. The van der Waals surface area contributed by atoms with Gasteiger partial charge in [0, 0.05) is 35.9 Å². The summed E-state index contributed by atoms with van der Waals surface area (Å²) >= 11 is 0. The number of hydrogen-bond donors (Lipinski definition) is 1. The largest absolute Gasteiger partial charge is 0.418 e. The monoisotopic (exact) mass is 547 g/mol. The second-order valence-corrected chi connectivity index (χ2v) is 9.69. The Morgan fingerprint density at radius 3 is 2.08 bits per heavy atom.